The Hall–Kier alpha value is -1.35. The van der Waals surface area contributed by atoms with Gasteiger partial charge in [-0.15, -0.1) is 11.3 Å². The van der Waals surface area contributed by atoms with Crippen molar-refractivity contribution in [3.8, 4) is 11.8 Å². The molecule has 0 spiro atoms. The third-order valence-corrected chi connectivity index (χ3v) is 3.37. The molecule has 0 radical (unpaired) electrons. The topological polar surface area (TPSA) is 58.6 Å². The molecule has 0 saturated carbocycles. The summed E-state index contributed by atoms with van der Waals surface area (Å²) in [5.41, 5.74) is 0.236. The van der Waals surface area contributed by atoms with Gasteiger partial charge in [0.05, 0.1) is 22.6 Å². The van der Waals surface area contributed by atoms with Crippen molar-refractivity contribution in [1.29, 1.82) is 0 Å². The summed E-state index contributed by atoms with van der Waals surface area (Å²) in [4.78, 5) is 12.8. The first-order valence-corrected chi connectivity index (χ1v) is 7.47. The Balaban J connectivity index is 2.55. The van der Waals surface area contributed by atoms with E-state index in [4.69, 9.17) is 9.84 Å². The van der Waals surface area contributed by atoms with Crippen LogP contribution >= 0.6 is 11.3 Å². The molecule has 0 aliphatic rings. The van der Waals surface area contributed by atoms with E-state index < -0.39 is 0 Å². The van der Waals surface area contributed by atoms with Crippen LogP contribution in [0.1, 0.15) is 42.4 Å². The largest absolute Gasteiger partial charge is 0.395 e. The minimum atomic E-state index is -0.371. The highest BCUT2D eigenvalue weighted by molar-refractivity contribution is 7.10. The molecule has 1 heterocycles. The molecule has 1 aromatic heterocycles. The number of carbonyl (C=O) groups excluding carboxylic acids is 1. The van der Waals surface area contributed by atoms with Crippen molar-refractivity contribution in [2.24, 2.45) is 0 Å². The summed E-state index contributed by atoms with van der Waals surface area (Å²) in [5, 5.41) is 13.3. The summed E-state index contributed by atoms with van der Waals surface area (Å²) < 4.78 is 5.53. The molecule has 4 nitrogen and oxygen atoms in total. The Morgan fingerprint density at radius 3 is 2.95 bits per heavy atom. The number of aliphatic hydroxyl groups excluding tert-OH is 1. The van der Waals surface area contributed by atoms with Gasteiger partial charge in [-0.25, -0.2) is 0 Å². The van der Waals surface area contributed by atoms with E-state index in [0.717, 1.165) is 4.88 Å². The van der Waals surface area contributed by atoms with Crippen LogP contribution in [0, 0.1) is 11.8 Å². The van der Waals surface area contributed by atoms with Crippen molar-refractivity contribution in [3.05, 3.63) is 21.9 Å². The summed E-state index contributed by atoms with van der Waals surface area (Å²) in [6.45, 7) is 6.94. The van der Waals surface area contributed by atoms with E-state index in [0.29, 0.717) is 25.1 Å². The van der Waals surface area contributed by atoms with Crippen molar-refractivity contribution in [2.75, 3.05) is 19.8 Å². The number of hydrogen-bond acceptors (Lipinski definition) is 4. The first-order chi connectivity index (χ1) is 9.48. The molecule has 0 saturated heterocycles. The lowest BCUT2D eigenvalue weighted by molar-refractivity contribution is -0.00815. The third kappa shape index (κ3) is 5.74. The van der Waals surface area contributed by atoms with E-state index in [1.807, 2.05) is 20.8 Å². The Bertz CT molecular complexity index is 497. The molecule has 110 valence electrons. The zero-order valence-corrected chi connectivity index (χ0v) is 13.0. The predicted molar refractivity (Wildman–Crippen MR) is 80.9 cm³/mol. The van der Waals surface area contributed by atoms with Gasteiger partial charge in [0.1, 0.15) is 0 Å². The number of rotatable bonds is 6. The number of thiophene rings is 1. The molecular formula is C15H21NO3S. The molecule has 2 N–H and O–H groups in total. The van der Waals surface area contributed by atoms with Crippen LogP contribution in [0.3, 0.4) is 0 Å². The summed E-state index contributed by atoms with van der Waals surface area (Å²) in [5.74, 6) is 5.63. The van der Waals surface area contributed by atoms with Crippen LogP contribution < -0.4 is 5.32 Å². The van der Waals surface area contributed by atoms with Crippen LogP contribution in [-0.2, 0) is 4.74 Å². The molecule has 5 heteroatoms. The zero-order valence-electron chi connectivity index (χ0n) is 12.2. The molecule has 0 aliphatic heterocycles. The fourth-order valence-electron chi connectivity index (χ4n) is 1.56. The van der Waals surface area contributed by atoms with Gasteiger partial charge in [0.25, 0.3) is 5.91 Å². The average molecular weight is 295 g/mol. The predicted octanol–water partition coefficient (Wildman–Crippen LogP) is 2.03. The minimum Gasteiger partial charge on any atom is -0.395 e. The highest BCUT2D eigenvalue weighted by Crippen LogP contribution is 2.14. The van der Waals surface area contributed by atoms with Crippen molar-refractivity contribution >= 4 is 17.2 Å². The van der Waals surface area contributed by atoms with E-state index in [2.05, 4.69) is 17.2 Å². The molecule has 1 rings (SSSR count). The van der Waals surface area contributed by atoms with Gasteiger partial charge >= 0.3 is 0 Å². The van der Waals surface area contributed by atoms with Crippen LogP contribution in [0.5, 0.6) is 0 Å². The Labute approximate surface area is 124 Å². The summed E-state index contributed by atoms with van der Waals surface area (Å²) in [6.07, 6.45) is 0.446. The first kappa shape index (κ1) is 16.7. The Morgan fingerprint density at radius 1 is 1.55 bits per heavy atom. The second kappa shape index (κ2) is 8.05. The van der Waals surface area contributed by atoms with Gasteiger partial charge in [-0.2, -0.15) is 0 Å². The SMILES string of the molecule is CCOC(C)(C)CNC(=O)c1csc(C#CCCO)c1. The Morgan fingerprint density at radius 2 is 2.30 bits per heavy atom. The van der Waals surface area contributed by atoms with Gasteiger partial charge in [-0.05, 0) is 26.8 Å². The quantitative estimate of drug-likeness (QED) is 0.790. The highest BCUT2D eigenvalue weighted by atomic mass is 32.1. The molecule has 0 aromatic carbocycles. The third-order valence-electron chi connectivity index (χ3n) is 2.52. The van der Waals surface area contributed by atoms with Crippen molar-refractivity contribution in [1.82, 2.24) is 5.32 Å². The van der Waals surface area contributed by atoms with Gasteiger partial charge < -0.3 is 15.2 Å². The number of nitrogens with one attached hydrogen (secondary N) is 1. The smallest absolute Gasteiger partial charge is 0.252 e. The molecule has 0 atom stereocenters. The lowest BCUT2D eigenvalue weighted by Crippen LogP contribution is -2.40. The summed E-state index contributed by atoms with van der Waals surface area (Å²) in [7, 11) is 0. The van der Waals surface area contributed by atoms with E-state index >= 15 is 0 Å². The van der Waals surface area contributed by atoms with Crippen LogP contribution in [0.4, 0.5) is 0 Å². The van der Waals surface area contributed by atoms with Crippen molar-refractivity contribution < 1.29 is 14.6 Å². The summed E-state index contributed by atoms with van der Waals surface area (Å²) >= 11 is 1.42. The maximum absolute atomic E-state index is 12.0. The number of carbonyl (C=O) groups is 1. The summed E-state index contributed by atoms with van der Waals surface area (Å²) in [6, 6.07) is 1.76. The van der Waals surface area contributed by atoms with E-state index in [1.165, 1.54) is 11.3 Å². The van der Waals surface area contributed by atoms with Crippen LogP contribution in [0.15, 0.2) is 11.4 Å². The number of amides is 1. The van der Waals surface area contributed by atoms with Crippen LogP contribution in [0.25, 0.3) is 0 Å². The molecule has 1 aromatic rings. The Kier molecular flexibility index (Phi) is 6.73. The minimum absolute atomic E-state index is 0.0538. The van der Waals surface area contributed by atoms with E-state index in [1.54, 1.807) is 11.4 Å². The standard InChI is InChI=1S/C15H21NO3S/c1-4-19-15(2,3)11-16-14(18)12-9-13(20-10-12)7-5-6-8-17/h9-10,17H,4,6,8,11H2,1-3H3,(H,16,18). The second-order valence-corrected chi connectivity index (χ2v) is 5.76. The van der Waals surface area contributed by atoms with Crippen molar-refractivity contribution in [2.45, 2.75) is 32.8 Å². The van der Waals surface area contributed by atoms with Gasteiger partial charge in [0, 0.05) is 25.0 Å². The molecular weight excluding hydrogens is 274 g/mol. The zero-order chi connectivity index (χ0) is 15.0. The van der Waals surface area contributed by atoms with Gasteiger partial charge in [-0.3, -0.25) is 4.79 Å². The fraction of sp³-hybridized carbons (Fsp3) is 0.533. The molecule has 0 bridgehead atoms. The molecule has 0 aliphatic carbocycles. The van der Waals surface area contributed by atoms with Gasteiger partial charge in [0.2, 0.25) is 0 Å². The maximum atomic E-state index is 12.0. The number of ether oxygens (including phenoxy) is 1. The normalized spacial score (nSPS) is 10.8. The molecule has 0 fully saturated rings. The van der Waals surface area contributed by atoms with Crippen LogP contribution in [0.2, 0.25) is 0 Å². The van der Waals surface area contributed by atoms with Crippen molar-refractivity contribution in [3.63, 3.8) is 0 Å². The number of aliphatic hydroxyl groups is 1. The van der Waals surface area contributed by atoms with E-state index in [-0.39, 0.29) is 18.1 Å². The monoisotopic (exact) mass is 295 g/mol. The molecule has 20 heavy (non-hydrogen) atoms. The fourth-order valence-corrected chi connectivity index (χ4v) is 2.32. The lowest BCUT2D eigenvalue weighted by Gasteiger charge is -2.24. The molecule has 0 unspecified atom stereocenters. The average Bonchev–Trinajstić information content (AvgIpc) is 2.85. The van der Waals surface area contributed by atoms with Crippen LogP contribution in [-0.4, -0.2) is 36.4 Å². The second-order valence-electron chi connectivity index (χ2n) is 4.85. The highest BCUT2D eigenvalue weighted by Gasteiger charge is 2.19. The maximum Gasteiger partial charge on any atom is 0.252 e. The lowest BCUT2D eigenvalue weighted by atomic mass is 10.1. The first-order valence-electron chi connectivity index (χ1n) is 6.59. The van der Waals surface area contributed by atoms with Gasteiger partial charge in [0.15, 0.2) is 0 Å². The number of hydrogen-bond donors (Lipinski definition) is 2. The van der Waals surface area contributed by atoms with Gasteiger partial charge in [-0.1, -0.05) is 11.8 Å². The molecule has 1 amide bonds. The van der Waals surface area contributed by atoms with E-state index in [9.17, 15) is 4.79 Å².